The number of carbonyl (C=O) groups excluding carboxylic acids is 3. The summed E-state index contributed by atoms with van der Waals surface area (Å²) in [5.41, 5.74) is 11.2. The van der Waals surface area contributed by atoms with Crippen LogP contribution in [0.25, 0.3) is 5.65 Å². The lowest BCUT2D eigenvalue weighted by Gasteiger charge is -2.49. The van der Waals surface area contributed by atoms with Crippen LogP contribution in [0.5, 0.6) is 0 Å². The zero-order valence-corrected chi connectivity index (χ0v) is 21.2. The highest BCUT2D eigenvalue weighted by Gasteiger charge is 2.54. The fourth-order valence-electron chi connectivity index (χ4n) is 4.08. The summed E-state index contributed by atoms with van der Waals surface area (Å²) in [6.07, 6.45) is 3.23. The van der Waals surface area contributed by atoms with Crippen molar-refractivity contribution in [1.82, 2.24) is 29.2 Å². The highest BCUT2D eigenvalue weighted by atomic mass is 32.2. The number of carboxylic acids is 1. The summed E-state index contributed by atoms with van der Waals surface area (Å²) >= 11 is 2.03. The molecule has 3 aromatic rings. The Bertz CT molecular complexity index is 1590. The van der Waals surface area contributed by atoms with Crippen molar-refractivity contribution in [3.63, 3.8) is 0 Å². The van der Waals surface area contributed by atoms with Gasteiger partial charge < -0.3 is 26.7 Å². The van der Waals surface area contributed by atoms with Crippen molar-refractivity contribution in [2.45, 2.75) is 18.0 Å². The Morgan fingerprint density at radius 3 is 2.82 bits per heavy atom. The smallest absolute Gasteiger partial charge is 0.352 e. The molecule has 3 aromatic heterocycles. The third-order valence-corrected chi connectivity index (χ3v) is 7.63. The van der Waals surface area contributed by atoms with E-state index in [0.717, 1.165) is 16.4 Å². The third kappa shape index (κ3) is 4.72. The molecule has 202 valence electrons. The summed E-state index contributed by atoms with van der Waals surface area (Å²) in [5, 5.41) is 19.2. The number of aliphatic carboxylic acids is 1. The van der Waals surface area contributed by atoms with Crippen LogP contribution in [0, 0.1) is 0 Å². The van der Waals surface area contributed by atoms with Crippen LogP contribution < -0.4 is 21.4 Å². The van der Waals surface area contributed by atoms with E-state index in [9.17, 15) is 28.7 Å². The van der Waals surface area contributed by atoms with Crippen molar-refractivity contribution in [2.75, 3.05) is 18.3 Å². The molecule has 2 aliphatic rings. The van der Waals surface area contributed by atoms with E-state index in [0.29, 0.717) is 11.2 Å². The van der Waals surface area contributed by atoms with Crippen LogP contribution in [0.2, 0.25) is 0 Å². The molecule has 0 bridgehead atoms. The number of halogens is 1. The minimum atomic E-state index is -1.32. The van der Waals surface area contributed by atoms with Crippen LogP contribution >= 0.6 is 23.3 Å². The number of amides is 3. The lowest BCUT2D eigenvalue weighted by atomic mass is 10.0. The Hall–Kier alpha value is -4.65. The molecule has 2 aliphatic heterocycles. The molecule has 0 spiro atoms. The molecule has 0 unspecified atom stereocenters. The first-order valence-electron chi connectivity index (χ1n) is 10.9. The summed E-state index contributed by atoms with van der Waals surface area (Å²) in [6, 6.07) is 1.97. The number of imidazole rings is 1. The summed E-state index contributed by atoms with van der Waals surface area (Å²) in [7, 11) is 0. The molecule has 3 amide bonds. The number of carboxylic acid groups (broad SMARTS) is 1. The van der Waals surface area contributed by atoms with E-state index in [1.807, 2.05) is 0 Å². The maximum Gasteiger partial charge on any atom is 0.352 e. The Balaban J connectivity index is 1.37. The third-order valence-electron chi connectivity index (χ3n) is 5.75. The fraction of sp³-hybridized carbons (Fsp3) is 0.250. The monoisotopic (exact) mass is 577 g/mol. The highest BCUT2D eigenvalue weighted by molar-refractivity contribution is 8.00. The largest absolute Gasteiger partial charge is 0.477 e. The van der Waals surface area contributed by atoms with E-state index in [2.05, 4.69) is 29.8 Å². The number of nitrogens with two attached hydrogens (primary N) is 2. The zero-order valence-electron chi connectivity index (χ0n) is 19.6. The number of rotatable bonds is 9. The number of carbonyl (C=O) groups is 4. The Morgan fingerprint density at radius 2 is 2.15 bits per heavy atom. The zero-order chi connectivity index (χ0) is 27.8. The lowest BCUT2D eigenvalue weighted by Crippen LogP contribution is -2.71. The van der Waals surface area contributed by atoms with Gasteiger partial charge in [0.2, 0.25) is 11.5 Å². The van der Waals surface area contributed by atoms with Crippen molar-refractivity contribution >= 4 is 63.5 Å². The molecule has 1 fully saturated rings. The number of oxime groups is 1. The molecule has 5 heterocycles. The lowest BCUT2D eigenvalue weighted by molar-refractivity contribution is -0.662. The van der Waals surface area contributed by atoms with E-state index in [1.165, 1.54) is 22.3 Å². The number of aromatic nitrogens is 5. The summed E-state index contributed by atoms with van der Waals surface area (Å²) in [6.45, 7) is -1.21. The molecule has 0 aliphatic carbocycles. The molecule has 2 atom stereocenters. The van der Waals surface area contributed by atoms with Crippen molar-refractivity contribution in [1.29, 1.82) is 0 Å². The topological polar surface area (TPSA) is 224 Å². The van der Waals surface area contributed by atoms with E-state index >= 15 is 0 Å². The maximum atomic E-state index is 13.0. The van der Waals surface area contributed by atoms with Crippen LogP contribution in [-0.4, -0.2) is 82.4 Å². The number of fused-ring (bicyclic) bond motifs is 2. The van der Waals surface area contributed by atoms with Crippen LogP contribution in [0.4, 0.5) is 9.52 Å². The normalized spacial score (nSPS) is 19.1. The second-order valence-corrected chi connectivity index (χ2v) is 9.95. The molecular formula is C20H18FN10O6S2+. The van der Waals surface area contributed by atoms with Crippen LogP contribution in [-0.2, 0) is 25.8 Å². The van der Waals surface area contributed by atoms with Gasteiger partial charge in [0.1, 0.15) is 29.9 Å². The number of hydrogen-bond acceptors (Lipinski definition) is 12. The van der Waals surface area contributed by atoms with Gasteiger partial charge in [0.05, 0.1) is 0 Å². The standard InChI is InChI=1S/C20H17FN10O6S2/c21-7-37-27-11(15-25-20(23)39-28-15)16(33)24-12-17(34)31-13(19(35)36)8(6-38-18(12)31)5-29-3-4-30-10(29)2-1-9(26-30)14(22)32/h1-4,12,18H,5-7H2,(H5-,22,23,24,25,28,32,33,35,36)/p+1/b27-11-/t12-,18-/m1/s1. The van der Waals surface area contributed by atoms with Crippen molar-refractivity contribution in [2.24, 2.45) is 10.9 Å². The van der Waals surface area contributed by atoms with Crippen molar-refractivity contribution in [3.05, 3.63) is 47.3 Å². The van der Waals surface area contributed by atoms with E-state index < -0.39 is 47.7 Å². The Kier molecular flexibility index (Phi) is 6.83. The van der Waals surface area contributed by atoms with Crippen molar-refractivity contribution in [3.8, 4) is 0 Å². The highest BCUT2D eigenvalue weighted by Crippen LogP contribution is 2.40. The summed E-state index contributed by atoms with van der Waals surface area (Å²) < 4.78 is 19.5. The quantitative estimate of drug-likeness (QED) is 0.0964. The average molecular weight is 578 g/mol. The van der Waals surface area contributed by atoms with Gasteiger partial charge in [0.25, 0.3) is 24.6 Å². The molecule has 5 rings (SSSR count). The number of nitrogens with zero attached hydrogens (tertiary/aromatic N) is 7. The molecule has 0 radical (unpaired) electrons. The predicted molar refractivity (Wildman–Crippen MR) is 132 cm³/mol. The molecule has 16 nitrogen and oxygen atoms in total. The molecule has 1 saturated heterocycles. The molecule has 0 saturated carbocycles. The number of primary amides is 1. The first kappa shape index (κ1) is 26.0. The number of nitrogen functional groups attached to an aromatic ring is 1. The minimum Gasteiger partial charge on any atom is -0.477 e. The van der Waals surface area contributed by atoms with E-state index in [4.69, 9.17) is 11.5 Å². The summed E-state index contributed by atoms with van der Waals surface area (Å²) in [5.74, 6) is -3.58. The summed E-state index contributed by atoms with van der Waals surface area (Å²) in [4.78, 5) is 58.8. The first-order valence-corrected chi connectivity index (χ1v) is 12.8. The number of nitrogens with one attached hydrogen (secondary N) is 1. The number of β-lactam (4-membered cyclic amide) rings is 1. The second kappa shape index (κ2) is 10.3. The average Bonchev–Trinajstić information content (AvgIpc) is 3.52. The van der Waals surface area contributed by atoms with Crippen LogP contribution in [0.15, 0.2) is 41.0 Å². The SMILES string of the molecule is NC(=O)c1ccc2n(cc[n+]2CC2=C(C(=O)O)N3C(=O)[C@@H](NC(=O)/C(=N\OCF)c4nsc(N)n4)[C@H]3SC2)n1. The Labute approximate surface area is 225 Å². The molecule has 6 N–H and O–H groups in total. The van der Waals surface area contributed by atoms with Gasteiger partial charge in [-0.2, -0.15) is 9.36 Å². The van der Waals surface area contributed by atoms with E-state index in [-0.39, 0.29) is 34.6 Å². The minimum absolute atomic E-state index is 0.0289. The molecule has 39 heavy (non-hydrogen) atoms. The Morgan fingerprint density at radius 1 is 1.36 bits per heavy atom. The second-order valence-electron chi connectivity index (χ2n) is 8.06. The van der Waals surface area contributed by atoms with Crippen LogP contribution in [0.1, 0.15) is 16.3 Å². The van der Waals surface area contributed by atoms with Gasteiger partial charge >= 0.3 is 11.6 Å². The molecule has 0 aromatic carbocycles. The predicted octanol–water partition coefficient (Wildman–Crippen LogP) is -1.76. The van der Waals surface area contributed by atoms with Crippen molar-refractivity contribution < 1.29 is 38.1 Å². The van der Waals surface area contributed by atoms with Crippen LogP contribution in [0.3, 0.4) is 0 Å². The number of anilines is 1. The number of thioether (sulfide) groups is 1. The van der Waals surface area contributed by atoms with Gasteiger partial charge in [-0.05, 0) is 6.07 Å². The van der Waals surface area contributed by atoms with Gasteiger partial charge in [0, 0.05) is 28.9 Å². The van der Waals surface area contributed by atoms with Gasteiger partial charge in [-0.3, -0.25) is 19.3 Å². The van der Waals surface area contributed by atoms with Gasteiger partial charge in [-0.1, -0.05) is 10.3 Å². The van der Waals surface area contributed by atoms with E-state index in [1.54, 1.807) is 23.0 Å². The van der Waals surface area contributed by atoms with Gasteiger partial charge in [-0.25, -0.2) is 13.8 Å². The molecular weight excluding hydrogens is 559 g/mol. The van der Waals surface area contributed by atoms with Gasteiger partial charge in [0.15, 0.2) is 17.0 Å². The maximum absolute atomic E-state index is 13.0. The van der Waals surface area contributed by atoms with Gasteiger partial charge in [-0.15, -0.1) is 16.3 Å². The molecule has 19 heteroatoms. The first-order chi connectivity index (χ1) is 18.7. The number of hydrogen-bond donors (Lipinski definition) is 4. The fourth-order valence-corrected chi connectivity index (χ4v) is 5.85. The number of alkyl halides is 1.